The van der Waals surface area contributed by atoms with E-state index in [2.05, 4.69) is 17.5 Å². The number of carboxylic acid groups (broad SMARTS) is 1. The van der Waals surface area contributed by atoms with Crippen LogP contribution in [0.15, 0.2) is 24.4 Å². The second-order valence-electron chi connectivity index (χ2n) is 1.34. The van der Waals surface area contributed by atoms with Gasteiger partial charge in [-0.05, 0) is 6.08 Å². The van der Waals surface area contributed by atoms with Crippen molar-refractivity contribution in [2.24, 2.45) is 0 Å². The molecule has 10 heavy (non-hydrogen) atoms. The number of rotatable bonds is 4. The average molecular weight is 157 g/mol. The highest BCUT2D eigenvalue weighted by atomic mass is 32.1. The first-order valence-electron chi connectivity index (χ1n) is 2.53. The summed E-state index contributed by atoms with van der Waals surface area (Å²) in [4.78, 5) is 9.86. The summed E-state index contributed by atoms with van der Waals surface area (Å²) in [6.07, 6.45) is 5.50. The molecule has 3 nitrogen and oxygen atoms in total. The van der Waals surface area contributed by atoms with Crippen molar-refractivity contribution in [3.05, 3.63) is 24.4 Å². The Kier molecular flexibility index (Phi) is 5.28. The van der Waals surface area contributed by atoms with Crippen molar-refractivity contribution >= 4 is 23.7 Å². The zero-order valence-electron chi connectivity index (χ0n) is 5.15. The van der Waals surface area contributed by atoms with Crippen LogP contribution in [0.4, 0.5) is 0 Å². The van der Waals surface area contributed by atoms with Crippen molar-refractivity contribution in [2.75, 3.05) is 0 Å². The van der Waals surface area contributed by atoms with E-state index in [1.807, 2.05) is 0 Å². The lowest BCUT2D eigenvalue weighted by Gasteiger charge is -1.80. The molecule has 0 aromatic rings. The average Bonchev–Trinajstić information content (AvgIpc) is 1.87. The molecular formula is C6H7NO2S. The maximum atomic E-state index is 9.86. The molecule has 0 saturated heterocycles. The number of carbonyl (C=O) groups is 1. The van der Waals surface area contributed by atoms with E-state index in [1.54, 1.807) is 0 Å². The van der Waals surface area contributed by atoms with E-state index in [0.717, 1.165) is 6.08 Å². The molecule has 0 radical (unpaired) electrons. The van der Waals surface area contributed by atoms with E-state index in [0.29, 0.717) is 0 Å². The summed E-state index contributed by atoms with van der Waals surface area (Å²) in [6.45, 7) is 0. The van der Waals surface area contributed by atoms with Crippen molar-refractivity contribution in [3.8, 4) is 0 Å². The van der Waals surface area contributed by atoms with E-state index >= 15 is 0 Å². The molecule has 0 unspecified atom stereocenters. The predicted octanol–water partition coefficient (Wildman–Crippen LogP) is 0.688. The van der Waals surface area contributed by atoms with Crippen LogP contribution in [0.3, 0.4) is 0 Å². The lowest BCUT2D eigenvalue weighted by molar-refractivity contribution is -0.131. The lowest BCUT2D eigenvalue weighted by atomic mass is 10.5. The van der Waals surface area contributed by atoms with E-state index < -0.39 is 5.97 Å². The van der Waals surface area contributed by atoms with E-state index in [9.17, 15) is 4.79 Å². The summed E-state index contributed by atoms with van der Waals surface area (Å²) in [7, 11) is 0. The first-order valence-corrected chi connectivity index (χ1v) is 3.00. The van der Waals surface area contributed by atoms with Crippen LogP contribution in [0.25, 0.3) is 0 Å². The Morgan fingerprint density at radius 3 is 2.70 bits per heavy atom. The molecule has 54 valence electrons. The van der Waals surface area contributed by atoms with Gasteiger partial charge < -0.3 is 10.4 Å². The molecule has 0 aromatic heterocycles. The Bertz CT molecular complexity index is 175. The fourth-order valence-corrected chi connectivity index (χ4v) is 0.367. The molecule has 0 aliphatic rings. The van der Waals surface area contributed by atoms with Crippen LogP contribution in [0.1, 0.15) is 0 Å². The van der Waals surface area contributed by atoms with Gasteiger partial charge in [-0.1, -0.05) is 18.3 Å². The van der Waals surface area contributed by atoms with E-state index in [4.69, 9.17) is 5.11 Å². The van der Waals surface area contributed by atoms with Crippen molar-refractivity contribution in [2.45, 2.75) is 0 Å². The van der Waals surface area contributed by atoms with Crippen LogP contribution < -0.4 is 5.32 Å². The van der Waals surface area contributed by atoms with Gasteiger partial charge >= 0.3 is 5.97 Å². The number of allylic oxidation sites excluding steroid dienone is 2. The third kappa shape index (κ3) is 6.84. The molecule has 0 rings (SSSR count). The van der Waals surface area contributed by atoms with Crippen LogP contribution in [0, 0.1) is 0 Å². The minimum absolute atomic E-state index is 0.966. The third-order valence-corrected chi connectivity index (χ3v) is 0.746. The fraction of sp³-hybridized carbons (Fsp3) is 0. The van der Waals surface area contributed by atoms with Crippen LogP contribution in [0.5, 0.6) is 0 Å². The Labute approximate surface area is 64.0 Å². The van der Waals surface area contributed by atoms with Gasteiger partial charge in [0.05, 0.1) is 5.49 Å². The van der Waals surface area contributed by atoms with Crippen molar-refractivity contribution in [1.82, 2.24) is 5.32 Å². The standard InChI is InChI=1S/C6H7NO2S/c8-6(9)3-1-2-4-7-5-10/h1-5H,(H,7,10)(H,8,9)/b3-1+,4-2-. The summed E-state index contributed by atoms with van der Waals surface area (Å²) in [5.41, 5.74) is 1.32. The number of nitrogens with one attached hydrogen (secondary N) is 1. The molecule has 0 fully saturated rings. The molecule has 2 N–H and O–H groups in total. The van der Waals surface area contributed by atoms with Crippen LogP contribution in [0.2, 0.25) is 0 Å². The Morgan fingerprint density at radius 2 is 2.20 bits per heavy atom. The van der Waals surface area contributed by atoms with Crippen molar-refractivity contribution < 1.29 is 9.90 Å². The largest absolute Gasteiger partial charge is 0.478 e. The molecule has 0 aliphatic heterocycles. The number of hydrogen-bond acceptors (Lipinski definition) is 2. The highest BCUT2D eigenvalue weighted by molar-refractivity contribution is 7.78. The van der Waals surface area contributed by atoms with Crippen molar-refractivity contribution in [1.29, 1.82) is 0 Å². The minimum Gasteiger partial charge on any atom is -0.478 e. The van der Waals surface area contributed by atoms with Gasteiger partial charge in [-0.2, -0.15) is 0 Å². The summed E-state index contributed by atoms with van der Waals surface area (Å²) in [5, 5.41) is 10.7. The van der Waals surface area contributed by atoms with E-state index in [-0.39, 0.29) is 0 Å². The normalized spacial score (nSPS) is 10.4. The molecule has 4 heteroatoms. The highest BCUT2D eigenvalue weighted by Crippen LogP contribution is 1.73. The monoisotopic (exact) mass is 157 g/mol. The quantitative estimate of drug-likeness (QED) is 0.358. The summed E-state index contributed by atoms with van der Waals surface area (Å²) < 4.78 is 0. The topological polar surface area (TPSA) is 49.3 Å². The molecule has 0 atom stereocenters. The highest BCUT2D eigenvalue weighted by Gasteiger charge is 1.79. The Morgan fingerprint density at radius 1 is 1.50 bits per heavy atom. The number of aliphatic carboxylic acids is 1. The van der Waals surface area contributed by atoms with Gasteiger partial charge in [0.2, 0.25) is 0 Å². The number of thiocarbonyl (C=S) groups is 1. The molecule has 0 bridgehead atoms. The number of carboxylic acids is 1. The third-order valence-electron chi connectivity index (χ3n) is 0.610. The maximum Gasteiger partial charge on any atom is 0.328 e. The first kappa shape index (κ1) is 8.84. The molecule has 0 spiro atoms. The zero-order chi connectivity index (χ0) is 7.82. The minimum atomic E-state index is -0.966. The summed E-state index contributed by atoms with van der Waals surface area (Å²) in [6, 6.07) is 0. The summed E-state index contributed by atoms with van der Waals surface area (Å²) >= 11 is 4.43. The van der Waals surface area contributed by atoms with E-state index in [1.165, 1.54) is 23.8 Å². The molecule has 0 saturated carbocycles. The summed E-state index contributed by atoms with van der Waals surface area (Å²) in [5.74, 6) is -0.966. The zero-order valence-corrected chi connectivity index (χ0v) is 5.97. The SMILES string of the molecule is O=C(O)/C=C/C=C\NC=S. The molecular weight excluding hydrogens is 150 g/mol. The van der Waals surface area contributed by atoms with Gasteiger partial charge in [0.15, 0.2) is 0 Å². The smallest absolute Gasteiger partial charge is 0.328 e. The van der Waals surface area contributed by atoms with Crippen molar-refractivity contribution in [3.63, 3.8) is 0 Å². The predicted molar refractivity (Wildman–Crippen MR) is 42.7 cm³/mol. The van der Waals surface area contributed by atoms with Gasteiger partial charge in [-0.25, -0.2) is 4.79 Å². The number of hydrogen-bond donors (Lipinski definition) is 2. The maximum absolute atomic E-state index is 9.86. The van der Waals surface area contributed by atoms with Gasteiger partial charge in [0, 0.05) is 12.3 Å². The van der Waals surface area contributed by atoms with Crippen LogP contribution in [-0.2, 0) is 4.79 Å². The first-order chi connectivity index (χ1) is 4.77. The molecule has 0 amide bonds. The fourth-order valence-electron chi connectivity index (χ4n) is 0.288. The van der Waals surface area contributed by atoms with Gasteiger partial charge in [0.25, 0.3) is 0 Å². The second kappa shape index (κ2) is 5.97. The van der Waals surface area contributed by atoms with Gasteiger partial charge in [-0.3, -0.25) is 0 Å². The Balaban J connectivity index is 3.51. The molecule has 0 aliphatic carbocycles. The Hall–Kier alpha value is -1.16. The van der Waals surface area contributed by atoms with Gasteiger partial charge in [0.1, 0.15) is 0 Å². The molecule has 0 aromatic carbocycles. The molecule has 0 heterocycles. The van der Waals surface area contributed by atoms with Crippen LogP contribution in [-0.4, -0.2) is 16.6 Å². The lowest BCUT2D eigenvalue weighted by Crippen LogP contribution is -1.95. The second-order valence-corrected chi connectivity index (χ2v) is 1.58. The van der Waals surface area contributed by atoms with Crippen LogP contribution >= 0.6 is 12.2 Å². The van der Waals surface area contributed by atoms with Gasteiger partial charge in [-0.15, -0.1) is 0 Å².